The van der Waals surface area contributed by atoms with Gasteiger partial charge in [-0.1, -0.05) is 0 Å². The zero-order chi connectivity index (χ0) is 13.0. The van der Waals surface area contributed by atoms with E-state index in [1.165, 1.54) is 25.3 Å². The van der Waals surface area contributed by atoms with Crippen molar-refractivity contribution in [1.82, 2.24) is 0 Å². The van der Waals surface area contributed by atoms with Crippen LogP contribution in [0.15, 0.2) is 18.2 Å². The Morgan fingerprint density at radius 1 is 1.41 bits per heavy atom. The van der Waals surface area contributed by atoms with Crippen LogP contribution in [-0.4, -0.2) is 46.2 Å². The second-order valence-electron chi connectivity index (χ2n) is 3.46. The minimum atomic E-state index is -1.48. The summed E-state index contributed by atoms with van der Waals surface area (Å²) in [5.41, 5.74) is 0.0824. The van der Waals surface area contributed by atoms with E-state index in [0.717, 1.165) is 0 Å². The van der Waals surface area contributed by atoms with Crippen LogP contribution in [0.3, 0.4) is 0 Å². The van der Waals surface area contributed by atoms with Crippen molar-refractivity contribution in [1.29, 1.82) is 0 Å². The summed E-state index contributed by atoms with van der Waals surface area (Å²) in [6.07, 6.45) is -2.92. The molecule has 0 radical (unpaired) electrons. The van der Waals surface area contributed by atoms with E-state index in [1.807, 2.05) is 0 Å². The van der Waals surface area contributed by atoms with Gasteiger partial charge in [0.25, 0.3) is 0 Å². The van der Waals surface area contributed by atoms with Gasteiger partial charge in [-0.3, -0.25) is 0 Å². The normalized spacial score (nSPS) is 14.1. The first-order chi connectivity index (χ1) is 8.01. The molecule has 0 amide bonds. The number of benzene rings is 1. The Labute approximate surface area is 97.7 Å². The Hall–Kier alpha value is -1.63. The lowest BCUT2D eigenvalue weighted by Crippen LogP contribution is -2.22. The Balaban J connectivity index is 3.10. The highest BCUT2D eigenvalue weighted by molar-refractivity contribution is 5.89. The average Bonchev–Trinajstić information content (AvgIpc) is 2.36. The quantitative estimate of drug-likeness (QED) is 0.533. The van der Waals surface area contributed by atoms with Crippen molar-refractivity contribution in [2.75, 3.05) is 13.7 Å². The SMILES string of the molecule is COC(=O)c1ccc(O)c(C(O)C(O)CO)c1. The average molecular weight is 242 g/mol. The monoisotopic (exact) mass is 242 g/mol. The van der Waals surface area contributed by atoms with Crippen LogP contribution in [0, 0.1) is 0 Å². The van der Waals surface area contributed by atoms with Crippen molar-refractivity contribution in [3.8, 4) is 5.75 Å². The molecule has 0 aliphatic carbocycles. The first-order valence-electron chi connectivity index (χ1n) is 4.89. The molecule has 0 saturated heterocycles. The highest BCUT2D eigenvalue weighted by Gasteiger charge is 2.22. The van der Waals surface area contributed by atoms with Crippen molar-refractivity contribution in [2.24, 2.45) is 0 Å². The summed E-state index contributed by atoms with van der Waals surface area (Å²) in [6, 6.07) is 3.72. The molecule has 0 aliphatic heterocycles. The van der Waals surface area contributed by atoms with Crippen LogP contribution in [0.4, 0.5) is 0 Å². The fourth-order valence-corrected chi connectivity index (χ4v) is 1.34. The molecule has 0 saturated carbocycles. The first kappa shape index (κ1) is 13.4. The van der Waals surface area contributed by atoms with Crippen LogP contribution in [0.2, 0.25) is 0 Å². The van der Waals surface area contributed by atoms with Gasteiger partial charge in [0.05, 0.1) is 19.3 Å². The number of aliphatic hydroxyl groups excluding tert-OH is 3. The lowest BCUT2D eigenvalue weighted by atomic mass is 10.0. The van der Waals surface area contributed by atoms with Gasteiger partial charge in [-0.25, -0.2) is 4.79 Å². The lowest BCUT2D eigenvalue weighted by Gasteiger charge is -2.17. The van der Waals surface area contributed by atoms with Crippen LogP contribution in [0.1, 0.15) is 22.0 Å². The summed E-state index contributed by atoms with van der Waals surface area (Å²) in [6.45, 7) is -0.664. The number of esters is 1. The molecule has 1 rings (SSSR count). The predicted octanol–water partition coefficient (Wildman–Crippen LogP) is -0.435. The van der Waals surface area contributed by atoms with E-state index >= 15 is 0 Å². The van der Waals surface area contributed by atoms with Gasteiger partial charge in [0.2, 0.25) is 0 Å². The Kier molecular flexibility index (Phi) is 4.45. The molecule has 0 heterocycles. The van der Waals surface area contributed by atoms with Crippen LogP contribution in [0.5, 0.6) is 5.75 Å². The molecule has 17 heavy (non-hydrogen) atoms. The maximum absolute atomic E-state index is 11.2. The van der Waals surface area contributed by atoms with Gasteiger partial charge in [-0.05, 0) is 18.2 Å². The maximum Gasteiger partial charge on any atom is 0.337 e. The predicted molar refractivity (Wildman–Crippen MR) is 57.5 cm³/mol. The number of rotatable bonds is 4. The molecule has 0 spiro atoms. The number of phenols is 1. The molecule has 0 fully saturated rings. The molecular formula is C11H14O6. The van der Waals surface area contributed by atoms with E-state index in [1.54, 1.807) is 0 Å². The topological polar surface area (TPSA) is 107 Å². The number of ether oxygens (including phenoxy) is 1. The fraction of sp³-hybridized carbons (Fsp3) is 0.364. The van der Waals surface area contributed by atoms with E-state index in [-0.39, 0.29) is 16.9 Å². The van der Waals surface area contributed by atoms with E-state index in [0.29, 0.717) is 0 Å². The van der Waals surface area contributed by atoms with Gasteiger partial charge in [-0.2, -0.15) is 0 Å². The molecule has 0 bridgehead atoms. The van der Waals surface area contributed by atoms with Crippen LogP contribution in [0.25, 0.3) is 0 Å². The minimum absolute atomic E-state index is 0.0468. The number of hydrogen-bond acceptors (Lipinski definition) is 6. The summed E-state index contributed by atoms with van der Waals surface area (Å²) >= 11 is 0. The van der Waals surface area contributed by atoms with Crippen LogP contribution >= 0.6 is 0 Å². The van der Waals surface area contributed by atoms with Crippen molar-refractivity contribution in [3.05, 3.63) is 29.3 Å². The van der Waals surface area contributed by atoms with Gasteiger partial charge in [0.15, 0.2) is 0 Å². The first-order valence-corrected chi connectivity index (χ1v) is 4.89. The molecule has 94 valence electrons. The summed E-state index contributed by atoms with van der Waals surface area (Å²) < 4.78 is 4.48. The molecule has 1 aromatic rings. The molecular weight excluding hydrogens is 228 g/mol. The van der Waals surface area contributed by atoms with Gasteiger partial charge < -0.3 is 25.2 Å². The van der Waals surface area contributed by atoms with Gasteiger partial charge in [-0.15, -0.1) is 0 Å². The number of aromatic hydroxyl groups is 1. The third kappa shape index (κ3) is 2.94. The third-order valence-electron chi connectivity index (χ3n) is 2.32. The van der Waals surface area contributed by atoms with E-state index < -0.39 is 24.8 Å². The Morgan fingerprint density at radius 2 is 2.06 bits per heavy atom. The smallest absolute Gasteiger partial charge is 0.337 e. The molecule has 6 heteroatoms. The zero-order valence-corrected chi connectivity index (χ0v) is 9.20. The number of methoxy groups -OCH3 is 1. The molecule has 0 aromatic heterocycles. The summed E-state index contributed by atoms with van der Waals surface area (Å²) in [7, 11) is 1.20. The van der Waals surface area contributed by atoms with Crippen LogP contribution in [-0.2, 0) is 4.74 Å². The number of hydrogen-bond donors (Lipinski definition) is 4. The van der Waals surface area contributed by atoms with E-state index in [2.05, 4.69) is 4.74 Å². The van der Waals surface area contributed by atoms with Crippen molar-refractivity contribution >= 4 is 5.97 Å². The second-order valence-corrected chi connectivity index (χ2v) is 3.46. The van der Waals surface area contributed by atoms with Crippen LogP contribution < -0.4 is 0 Å². The van der Waals surface area contributed by atoms with Gasteiger partial charge in [0.1, 0.15) is 18.0 Å². The zero-order valence-electron chi connectivity index (χ0n) is 9.20. The Morgan fingerprint density at radius 3 is 2.59 bits per heavy atom. The van der Waals surface area contributed by atoms with Crippen molar-refractivity contribution in [2.45, 2.75) is 12.2 Å². The molecule has 0 aliphatic rings. The molecule has 1 aromatic carbocycles. The molecule has 6 nitrogen and oxygen atoms in total. The highest BCUT2D eigenvalue weighted by atomic mass is 16.5. The van der Waals surface area contributed by atoms with Gasteiger partial charge >= 0.3 is 5.97 Å². The van der Waals surface area contributed by atoms with E-state index in [4.69, 9.17) is 5.11 Å². The lowest BCUT2D eigenvalue weighted by molar-refractivity contribution is -0.0162. The molecule has 2 unspecified atom stereocenters. The molecule has 2 atom stereocenters. The molecule has 4 N–H and O–H groups in total. The van der Waals surface area contributed by atoms with E-state index in [9.17, 15) is 20.1 Å². The summed E-state index contributed by atoms with van der Waals surface area (Å²) in [5, 5.41) is 37.1. The minimum Gasteiger partial charge on any atom is -0.508 e. The summed E-state index contributed by atoms with van der Waals surface area (Å²) in [5.74, 6) is -0.908. The van der Waals surface area contributed by atoms with Gasteiger partial charge in [0, 0.05) is 5.56 Å². The third-order valence-corrected chi connectivity index (χ3v) is 2.32. The number of aliphatic hydroxyl groups is 3. The maximum atomic E-state index is 11.2. The Bertz CT molecular complexity index is 403. The second kappa shape index (κ2) is 5.62. The van der Waals surface area contributed by atoms with Crippen molar-refractivity contribution < 1.29 is 30.0 Å². The number of carbonyl (C=O) groups excluding carboxylic acids is 1. The number of carbonyl (C=O) groups is 1. The van der Waals surface area contributed by atoms with Crippen molar-refractivity contribution in [3.63, 3.8) is 0 Å². The fourth-order valence-electron chi connectivity index (χ4n) is 1.34. The largest absolute Gasteiger partial charge is 0.508 e. The summed E-state index contributed by atoms with van der Waals surface area (Å²) in [4.78, 5) is 11.2. The standard InChI is InChI=1S/C11H14O6/c1-17-11(16)6-2-3-8(13)7(4-6)10(15)9(14)5-12/h2-4,9-10,12-15H,5H2,1H3. The highest BCUT2D eigenvalue weighted by Crippen LogP contribution is 2.27. The number of phenolic OH excluding ortho intramolecular Hbond substituents is 1.